The zero-order valence-corrected chi connectivity index (χ0v) is 11.5. The van der Waals surface area contributed by atoms with Gasteiger partial charge in [0.25, 0.3) is 0 Å². The van der Waals surface area contributed by atoms with Crippen molar-refractivity contribution in [3.63, 3.8) is 0 Å². The van der Waals surface area contributed by atoms with Crippen LogP contribution in [0.2, 0.25) is 0 Å². The quantitative estimate of drug-likeness (QED) is 0.618. The van der Waals surface area contributed by atoms with Gasteiger partial charge >= 0.3 is 0 Å². The summed E-state index contributed by atoms with van der Waals surface area (Å²) >= 11 is 0. The second-order valence-electron chi connectivity index (χ2n) is 5.24. The molecule has 1 aliphatic carbocycles. The van der Waals surface area contributed by atoms with Gasteiger partial charge in [-0.1, -0.05) is 17.7 Å². The van der Waals surface area contributed by atoms with E-state index in [4.69, 9.17) is 0 Å². The van der Waals surface area contributed by atoms with Crippen LogP contribution in [0.3, 0.4) is 0 Å². The van der Waals surface area contributed by atoms with Crippen LogP contribution in [0.1, 0.15) is 43.8 Å². The molecule has 1 unspecified atom stereocenters. The zero-order chi connectivity index (χ0) is 14.4. The average molecular weight is 281 g/mol. The Morgan fingerprint density at radius 2 is 2.10 bits per heavy atom. The lowest BCUT2D eigenvalue weighted by Gasteiger charge is -2.15. The van der Waals surface area contributed by atoms with Gasteiger partial charge in [0.05, 0.1) is 6.10 Å². The SMILES string of the molecule is OC(CNCCC1=CCCCC1)c1ccc(F)cc1F. The Kier molecular flexibility index (Phi) is 5.68. The molecule has 0 fully saturated rings. The number of hydrogen-bond donors (Lipinski definition) is 2. The van der Waals surface area contributed by atoms with Gasteiger partial charge in [-0.25, -0.2) is 8.78 Å². The molecule has 110 valence electrons. The lowest BCUT2D eigenvalue weighted by molar-refractivity contribution is 0.170. The number of halogens is 2. The molecule has 1 aliphatic rings. The van der Waals surface area contributed by atoms with E-state index < -0.39 is 17.7 Å². The van der Waals surface area contributed by atoms with Gasteiger partial charge in [-0.15, -0.1) is 0 Å². The summed E-state index contributed by atoms with van der Waals surface area (Å²) in [7, 11) is 0. The standard InChI is InChI=1S/C16H21F2NO/c17-13-6-7-14(15(18)10-13)16(20)11-19-9-8-12-4-2-1-3-5-12/h4,6-7,10,16,19-20H,1-3,5,8-9,11H2. The smallest absolute Gasteiger partial charge is 0.131 e. The van der Waals surface area contributed by atoms with Crippen molar-refractivity contribution in [2.75, 3.05) is 13.1 Å². The van der Waals surface area contributed by atoms with E-state index in [1.165, 1.54) is 30.9 Å². The molecule has 0 bridgehead atoms. The van der Waals surface area contributed by atoms with Crippen molar-refractivity contribution in [2.45, 2.75) is 38.2 Å². The fraction of sp³-hybridized carbons (Fsp3) is 0.500. The first-order valence-electron chi connectivity index (χ1n) is 7.18. The third-order valence-electron chi connectivity index (χ3n) is 3.67. The molecule has 2 nitrogen and oxygen atoms in total. The average Bonchev–Trinajstić information content (AvgIpc) is 2.44. The molecule has 0 spiro atoms. The van der Waals surface area contributed by atoms with Crippen molar-refractivity contribution in [3.8, 4) is 0 Å². The van der Waals surface area contributed by atoms with Crippen LogP contribution in [-0.2, 0) is 0 Å². The van der Waals surface area contributed by atoms with Crippen molar-refractivity contribution in [2.24, 2.45) is 0 Å². The molecular weight excluding hydrogens is 260 g/mol. The summed E-state index contributed by atoms with van der Waals surface area (Å²) in [5.74, 6) is -1.33. The Balaban J connectivity index is 1.74. The molecule has 4 heteroatoms. The van der Waals surface area contributed by atoms with Crippen molar-refractivity contribution in [3.05, 3.63) is 47.0 Å². The Labute approximate surface area is 118 Å². The molecule has 0 saturated heterocycles. The second-order valence-corrected chi connectivity index (χ2v) is 5.24. The molecule has 0 saturated carbocycles. The van der Waals surface area contributed by atoms with E-state index >= 15 is 0 Å². The Morgan fingerprint density at radius 3 is 2.80 bits per heavy atom. The number of aliphatic hydroxyl groups is 1. The van der Waals surface area contributed by atoms with Crippen molar-refractivity contribution in [1.29, 1.82) is 0 Å². The largest absolute Gasteiger partial charge is 0.387 e. The maximum Gasteiger partial charge on any atom is 0.131 e. The van der Waals surface area contributed by atoms with Gasteiger partial charge in [0.2, 0.25) is 0 Å². The zero-order valence-electron chi connectivity index (χ0n) is 11.5. The molecular formula is C16H21F2NO. The van der Waals surface area contributed by atoms with Gasteiger partial charge in [-0.05, 0) is 44.7 Å². The third-order valence-corrected chi connectivity index (χ3v) is 3.67. The maximum absolute atomic E-state index is 13.5. The van der Waals surface area contributed by atoms with E-state index in [1.807, 2.05) is 0 Å². The predicted molar refractivity (Wildman–Crippen MR) is 75.4 cm³/mol. The van der Waals surface area contributed by atoms with Gasteiger partial charge < -0.3 is 10.4 Å². The van der Waals surface area contributed by atoms with Gasteiger partial charge in [0, 0.05) is 18.2 Å². The summed E-state index contributed by atoms with van der Waals surface area (Å²) in [6.07, 6.45) is 7.18. The second kappa shape index (κ2) is 7.50. The first kappa shape index (κ1) is 15.1. The normalized spacial score (nSPS) is 16.9. The molecule has 0 heterocycles. The highest BCUT2D eigenvalue weighted by Crippen LogP contribution is 2.20. The van der Waals surface area contributed by atoms with E-state index in [0.29, 0.717) is 0 Å². The Bertz CT molecular complexity index is 474. The lowest BCUT2D eigenvalue weighted by Crippen LogP contribution is -2.23. The number of hydrogen-bond acceptors (Lipinski definition) is 2. The molecule has 2 rings (SSSR count). The van der Waals surface area contributed by atoms with Crippen LogP contribution < -0.4 is 5.32 Å². The molecule has 1 aromatic carbocycles. The van der Waals surface area contributed by atoms with E-state index in [0.717, 1.165) is 31.5 Å². The number of aliphatic hydroxyl groups excluding tert-OH is 1. The molecule has 2 N–H and O–H groups in total. The molecule has 0 amide bonds. The molecule has 1 aromatic rings. The van der Waals surface area contributed by atoms with Crippen LogP contribution in [0.5, 0.6) is 0 Å². The first-order valence-corrected chi connectivity index (χ1v) is 7.18. The van der Waals surface area contributed by atoms with Crippen LogP contribution >= 0.6 is 0 Å². The summed E-state index contributed by atoms with van der Waals surface area (Å²) in [5, 5.41) is 13.0. The lowest BCUT2D eigenvalue weighted by atomic mass is 9.97. The van der Waals surface area contributed by atoms with Crippen LogP contribution in [0.4, 0.5) is 8.78 Å². The van der Waals surface area contributed by atoms with E-state index in [2.05, 4.69) is 11.4 Å². The van der Waals surface area contributed by atoms with Crippen molar-refractivity contribution in [1.82, 2.24) is 5.32 Å². The van der Waals surface area contributed by atoms with Crippen LogP contribution in [0, 0.1) is 11.6 Å². The summed E-state index contributed by atoms with van der Waals surface area (Å²) in [6.45, 7) is 1.04. The topological polar surface area (TPSA) is 32.3 Å². The van der Waals surface area contributed by atoms with Gasteiger partial charge in [0.15, 0.2) is 0 Å². The van der Waals surface area contributed by atoms with Gasteiger partial charge in [-0.3, -0.25) is 0 Å². The van der Waals surface area contributed by atoms with Crippen LogP contribution in [-0.4, -0.2) is 18.2 Å². The number of allylic oxidation sites excluding steroid dienone is 1. The van der Waals surface area contributed by atoms with Crippen molar-refractivity contribution >= 4 is 0 Å². The van der Waals surface area contributed by atoms with E-state index in [1.54, 1.807) is 0 Å². The molecule has 0 aliphatic heterocycles. The van der Waals surface area contributed by atoms with Crippen LogP contribution in [0.25, 0.3) is 0 Å². The fourth-order valence-electron chi connectivity index (χ4n) is 2.50. The minimum absolute atomic E-state index is 0.135. The molecule has 0 aromatic heterocycles. The maximum atomic E-state index is 13.5. The van der Waals surface area contributed by atoms with E-state index in [9.17, 15) is 13.9 Å². The minimum atomic E-state index is -0.948. The summed E-state index contributed by atoms with van der Waals surface area (Å²) in [6, 6.07) is 3.25. The summed E-state index contributed by atoms with van der Waals surface area (Å²) in [5.41, 5.74) is 1.60. The monoisotopic (exact) mass is 281 g/mol. The van der Waals surface area contributed by atoms with Gasteiger partial charge in [0.1, 0.15) is 11.6 Å². The molecule has 0 radical (unpaired) electrons. The Hall–Kier alpha value is -1.26. The first-order chi connectivity index (χ1) is 9.66. The third kappa shape index (κ3) is 4.39. The van der Waals surface area contributed by atoms with Gasteiger partial charge in [-0.2, -0.15) is 0 Å². The highest BCUT2D eigenvalue weighted by molar-refractivity contribution is 5.21. The van der Waals surface area contributed by atoms with Crippen molar-refractivity contribution < 1.29 is 13.9 Å². The minimum Gasteiger partial charge on any atom is -0.387 e. The molecule has 1 atom stereocenters. The highest BCUT2D eigenvalue weighted by Gasteiger charge is 2.13. The number of rotatable bonds is 6. The summed E-state index contributed by atoms with van der Waals surface area (Å²) < 4.78 is 26.2. The summed E-state index contributed by atoms with van der Waals surface area (Å²) in [4.78, 5) is 0. The van der Waals surface area contributed by atoms with Crippen LogP contribution in [0.15, 0.2) is 29.8 Å². The Morgan fingerprint density at radius 1 is 1.25 bits per heavy atom. The predicted octanol–water partition coefficient (Wildman–Crippen LogP) is 3.48. The molecule has 20 heavy (non-hydrogen) atoms. The van der Waals surface area contributed by atoms with E-state index in [-0.39, 0.29) is 12.1 Å². The number of nitrogens with one attached hydrogen (secondary N) is 1. The fourth-order valence-corrected chi connectivity index (χ4v) is 2.50. The highest BCUT2D eigenvalue weighted by atomic mass is 19.1. The number of benzene rings is 1.